The van der Waals surface area contributed by atoms with Gasteiger partial charge in [-0.2, -0.15) is 13.2 Å². The number of piperidine rings is 1. The molecule has 164 valence electrons. The summed E-state index contributed by atoms with van der Waals surface area (Å²) in [6, 6.07) is 5.24. The molecule has 1 unspecified atom stereocenters. The smallest absolute Gasteiger partial charge is 0.323 e. The molecule has 2 heterocycles. The number of alkyl halides is 3. The predicted octanol–water partition coefficient (Wildman–Crippen LogP) is 4.19. The van der Waals surface area contributed by atoms with E-state index < -0.39 is 23.3 Å². The molecule has 1 aromatic carbocycles. The van der Waals surface area contributed by atoms with E-state index in [9.17, 15) is 22.8 Å². The highest BCUT2D eigenvalue weighted by Crippen LogP contribution is 2.37. The maximum Gasteiger partial charge on any atom is 0.416 e. The lowest BCUT2D eigenvalue weighted by atomic mass is 9.75. The molecule has 1 atom stereocenters. The first-order chi connectivity index (χ1) is 14.1. The predicted molar refractivity (Wildman–Crippen MR) is 108 cm³/mol. The number of urea groups is 1. The highest BCUT2D eigenvalue weighted by atomic mass is 19.4. The van der Waals surface area contributed by atoms with E-state index in [-0.39, 0.29) is 30.5 Å². The van der Waals surface area contributed by atoms with Crippen LogP contribution in [0.15, 0.2) is 36.4 Å². The minimum absolute atomic E-state index is 0.0526. The van der Waals surface area contributed by atoms with Crippen molar-refractivity contribution in [2.75, 3.05) is 19.6 Å². The number of hydrogen-bond acceptors (Lipinski definition) is 3. The van der Waals surface area contributed by atoms with Crippen molar-refractivity contribution in [3.63, 3.8) is 0 Å². The number of carbonyl (C=O) groups excluding carboxylic acids is 2. The zero-order valence-corrected chi connectivity index (χ0v) is 17.4. The molecule has 2 aliphatic heterocycles. The van der Waals surface area contributed by atoms with E-state index >= 15 is 0 Å². The molecule has 0 aliphatic carbocycles. The van der Waals surface area contributed by atoms with Gasteiger partial charge in [-0.05, 0) is 56.8 Å². The van der Waals surface area contributed by atoms with Crippen molar-refractivity contribution < 1.29 is 22.8 Å². The number of amides is 3. The summed E-state index contributed by atoms with van der Waals surface area (Å²) in [5.74, 6) is -0.276. The lowest BCUT2D eigenvalue weighted by molar-refractivity contribution is -0.138. The van der Waals surface area contributed by atoms with Crippen LogP contribution in [-0.4, -0.2) is 46.9 Å². The average molecular weight is 423 g/mol. The number of likely N-dealkylation sites (tertiary alicyclic amines) is 1. The van der Waals surface area contributed by atoms with Crippen LogP contribution in [0.25, 0.3) is 0 Å². The van der Waals surface area contributed by atoms with Crippen LogP contribution < -0.4 is 5.32 Å². The fourth-order valence-electron chi connectivity index (χ4n) is 4.62. The van der Waals surface area contributed by atoms with Gasteiger partial charge in [0.15, 0.2) is 0 Å². The van der Waals surface area contributed by atoms with Gasteiger partial charge in [0.05, 0.1) is 12.1 Å². The molecule has 0 radical (unpaired) electrons. The normalized spacial score (nSPS) is 23.7. The van der Waals surface area contributed by atoms with Crippen LogP contribution >= 0.6 is 0 Å². The van der Waals surface area contributed by atoms with Crippen LogP contribution in [0, 0.1) is 5.92 Å². The second-order valence-electron chi connectivity index (χ2n) is 8.31. The summed E-state index contributed by atoms with van der Waals surface area (Å²) < 4.78 is 39.8. The van der Waals surface area contributed by atoms with E-state index in [1.807, 2.05) is 11.8 Å². The molecule has 0 saturated carbocycles. The number of nitrogens with zero attached hydrogens (tertiary/aromatic N) is 2. The van der Waals surface area contributed by atoms with Gasteiger partial charge in [0.1, 0.15) is 5.54 Å². The van der Waals surface area contributed by atoms with E-state index in [4.69, 9.17) is 0 Å². The van der Waals surface area contributed by atoms with Gasteiger partial charge in [-0.1, -0.05) is 37.3 Å². The lowest BCUT2D eigenvalue weighted by Gasteiger charge is -2.40. The quantitative estimate of drug-likeness (QED) is 0.551. The number of imide groups is 1. The first kappa shape index (κ1) is 22.3. The van der Waals surface area contributed by atoms with Crippen molar-refractivity contribution in [3.05, 3.63) is 47.5 Å². The third-order valence-corrected chi connectivity index (χ3v) is 6.19. The van der Waals surface area contributed by atoms with Crippen molar-refractivity contribution in [2.45, 2.75) is 51.4 Å². The zero-order chi connectivity index (χ0) is 22.1. The first-order valence-electron chi connectivity index (χ1n) is 10.2. The Bertz CT molecular complexity index is 831. The fourth-order valence-corrected chi connectivity index (χ4v) is 4.62. The van der Waals surface area contributed by atoms with Crippen molar-refractivity contribution in [3.8, 4) is 0 Å². The Morgan fingerprint density at radius 3 is 2.43 bits per heavy atom. The second kappa shape index (κ2) is 8.41. The van der Waals surface area contributed by atoms with Crippen molar-refractivity contribution in [1.82, 2.24) is 15.1 Å². The molecule has 2 saturated heterocycles. The van der Waals surface area contributed by atoms with Gasteiger partial charge in [-0.15, -0.1) is 0 Å². The third-order valence-electron chi connectivity index (χ3n) is 6.19. The van der Waals surface area contributed by atoms with Crippen LogP contribution in [0.3, 0.4) is 0 Å². The number of benzene rings is 1. The van der Waals surface area contributed by atoms with Gasteiger partial charge in [0.2, 0.25) is 0 Å². The lowest BCUT2D eigenvalue weighted by Crippen LogP contribution is -2.55. The Morgan fingerprint density at radius 2 is 1.87 bits per heavy atom. The van der Waals surface area contributed by atoms with Crippen molar-refractivity contribution in [2.24, 2.45) is 5.92 Å². The molecule has 3 amide bonds. The summed E-state index contributed by atoms with van der Waals surface area (Å²) in [5, 5.41) is 2.91. The third kappa shape index (κ3) is 4.24. The topological polar surface area (TPSA) is 52.7 Å². The summed E-state index contributed by atoms with van der Waals surface area (Å²) in [7, 11) is 0. The summed E-state index contributed by atoms with van der Waals surface area (Å²) in [4.78, 5) is 28.7. The van der Waals surface area contributed by atoms with E-state index in [0.29, 0.717) is 32.4 Å². The van der Waals surface area contributed by atoms with Gasteiger partial charge < -0.3 is 5.32 Å². The molecule has 2 fully saturated rings. The number of hydrogen-bond donors (Lipinski definition) is 1. The van der Waals surface area contributed by atoms with Crippen LogP contribution in [0.2, 0.25) is 0 Å². The maximum absolute atomic E-state index is 13.3. The van der Waals surface area contributed by atoms with E-state index in [1.165, 1.54) is 17.0 Å². The van der Waals surface area contributed by atoms with Crippen LogP contribution in [-0.2, 0) is 17.5 Å². The van der Waals surface area contributed by atoms with Crippen LogP contribution in [0.4, 0.5) is 18.0 Å². The van der Waals surface area contributed by atoms with Crippen molar-refractivity contribution in [1.29, 1.82) is 0 Å². The maximum atomic E-state index is 13.3. The molecular weight excluding hydrogens is 395 g/mol. The Morgan fingerprint density at radius 1 is 1.23 bits per heavy atom. The molecule has 0 bridgehead atoms. The molecule has 30 heavy (non-hydrogen) atoms. The van der Waals surface area contributed by atoms with Gasteiger partial charge in [0.25, 0.3) is 5.91 Å². The number of carbonyl (C=O) groups is 2. The summed E-state index contributed by atoms with van der Waals surface area (Å²) in [5.41, 5.74) is -0.566. The van der Waals surface area contributed by atoms with Gasteiger partial charge >= 0.3 is 12.2 Å². The van der Waals surface area contributed by atoms with E-state index in [1.54, 1.807) is 13.0 Å². The van der Waals surface area contributed by atoms with Crippen molar-refractivity contribution >= 4 is 11.9 Å². The number of rotatable bonds is 6. The molecule has 3 rings (SSSR count). The fraction of sp³-hybridized carbons (Fsp3) is 0.545. The van der Waals surface area contributed by atoms with Gasteiger partial charge in [0, 0.05) is 6.54 Å². The van der Waals surface area contributed by atoms with Gasteiger partial charge in [-0.25, -0.2) is 4.79 Å². The average Bonchev–Trinajstić information content (AvgIpc) is 2.93. The molecule has 1 aromatic rings. The van der Waals surface area contributed by atoms with Crippen LogP contribution in [0.5, 0.6) is 0 Å². The molecule has 1 N–H and O–H groups in total. The minimum Gasteiger partial charge on any atom is -0.323 e. The zero-order valence-electron chi connectivity index (χ0n) is 17.4. The monoisotopic (exact) mass is 423 g/mol. The molecule has 8 heteroatoms. The molecular formula is C22H28F3N3O2. The summed E-state index contributed by atoms with van der Waals surface area (Å²) in [6.45, 7) is 8.99. The Hall–Kier alpha value is -2.35. The number of nitrogens with one attached hydrogen (secondary N) is 1. The molecule has 0 spiro atoms. The first-order valence-corrected chi connectivity index (χ1v) is 10.2. The molecule has 5 nitrogen and oxygen atoms in total. The highest BCUT2D eigenvalue weighted by molar-refractivity contribution is 6.07. The van der Waals surface area contributed by atoms with E-state index in [2.05, 4.69) is 11.9 Å². The van der Waals surface area contributed by atoms with Gasteiger partial charge in [-0.3, -0.25) is 14.6 Å². The van der Waals surface area contributed by atoms with Crippen LogP contribution in [0.1, 0.15) is 44.2 Å². The SMILES string of the molecule is C=C(C)CN1C(=O)NC(CC)(C2CCN(Cc3ccccc3C(F)(F)F)CC2)C1=O. The van der Waals surface area contributed by atoms with E-state index in [0.717, 1.165) is 11.6 Å². The Labute approximate surface area is 174 Å². The molecule has 2 aliphatic rings. The summed E-state index contributed by atoms with van der Waals surface area (Å²) >= 11 is 0. The Balaban J connectivity index is 1.69. The molecule has 0 aromatic heterocycles. The standard InChI is InChI=1S/C22H28F3N3O2/c1-4-21(19(29)28(13-15(2)3)20(30)26-21)17-9-11-27(12-10-17)14-16-7-5-6-8-18(16)22(23,24)25/h5-8,17H,2,4,9-14H2,1,3H3,(H,26,30). The largest absolute Gasteiger partial charge is 0.416 e. The second-order valence-corrected chi connectivity index (χ2v) is 8.31. The Kier molecular flexibility index (Phi) is 6.26. The highest BCUT2D eigenvalue weighted by Gasteiger charge is 2.54. The minimum atomic E-state index is -4.38. The number of halogens is 3. The summed E-state index contributed by atoms with van der Waals surface area (Å²) in [6.07, 6.45) is -2.63.